The van der Waals surface area contributed by atoms with Crippen molar-refractivity contribution in [1.29, 1.82) is 0 Å². The van der Waals surface area contributed by atoms with Crippen LogP contribution in [0.3, 0.4) is 0 Å². The molecule has 4 nitrogen and oxygen atoms in total. The van der Waals surface area contributed by atoms with Crippen LogP contribution in [0.15, 0.2) is 72.9 Å². The van der Waals surface area contributed by atoms with E-state index in [2.05, 4.69) is 47.7 Å². The number of H-pyrrole nitrogens is 1. The molecule has 5 heteroatoms. The summed E-state index contributed by atoms with van der Waals surface area (Å²) in [5.74, 6) is 1.33. The number of nitrogens with one attached hydrogen (secondary N) is 1. The Morgan fingerprint density at radius 3 is 2.42 bits per heavy atom. The molecule has 0 bridgehead atoms. The summed E-state index contributed by atoms with van der Waals surface area (Å²) >= 11 is 0. The Labute approximate surface area is 182 Å². The second kappa shape index (κ2) is 9.23. The highest BCUT2D eigenvalue weighted by molar-refractivity contribution is 5.84. The molecule has 0 amide bonds. The lowest BCUT2D eigenvalue weighted by Crippen LogP contribution is -2.85. The number of aromatic amines is 1. The largest absolute Gasteiger partial charge is 0.493 e. The number of fused-ring (bicyclic) bond motifs is 1. The number of rotatable bonds is 8. The van der Waals surface area contributed by atoms with E-state index in [-0.39, 0.29) is 17.8 Å². The van der Waals surface area contributed by atoms with Crippen LogP contribution in [0.5, 0.6) is 11.5 Å². The van der Waals surface area contributed by atoms with Crippen LogP contribution in [0.25, 0.3) is 10.9 Å². The van der Waals surface area contributed by atoms with E-state index in [0.29, 0.717) is 0 Å². The number of hydrogen-bond donors (Lipinski definition) is 2. The number of methoxy groups -OCH3 is 2. The van der Waals surface area contributed by atoms with Gasteiger partial charge in [0, 0.05) is 28.2 Å². The van der Waals surface area contributed by atoms with Gasteiger partial charge in [-0.25, -0.2) is 4.39 Å². The maximum atomic E-state index is 13.3. The molecule has 0 spiro atoms. The molecular formula is C26H28FN2O2+. The minimum Gasteiger partial charge on any atom is -0.493 e. The van der Waals surface area contributed by atoms with Crippen LogP contribution in [0.2, 0.25) is 0 Å². The summed E-state index contributed by atoms with van der Waals surface area (Å²) in [7, 11) is 3.34. The van der Waals surface area contributed by atoms with Crippen LogP contribution >= 0.6 is 0 Å². The molecule has 0 unspecified atom stereocenters. The van der Waals surface area contributed by atoms with Gasteiger partial charge < -0.3 is 19.8 Å². The van der Waals surface area contributed by atoms with Crippen LogP contribution in [0.1, 0.15) is 35.6 Å². The van der Waals surface area contributed by atoms with E-state index in [1.807, 2.05) is 30.3 Å². The van der Waals surface area contributed by atoms with Crippen molar-refractivity contribution in [2.45, 2.75) is 18.9 Å². The van der Waals surface area contributed by atoms with Gasteiger partial charge in [-0.3, -0.25) is 0 Å². The number of hydrogen-bond acceptors (Lipinski definition) is 2. The zero-order chi connectivity index (χ0) is 21.8. The van der Waals surface area contributed by atoms with E-state index >= 15 is 0 Å². The summed E-state index contributed by atoms with van der Waals surface area (Å²) < 4.78 is 24.7. The van der Waals surface area contributed by atoms with Crippen LogP contribution in [0, 0.1) is 5.82 Å². The van der Waals surface area contributed by atoms with Crippen molar-refractivity contribution in [3.8, 4) is 11.5 Å². The SMILES string of the molecule is COc1cccc([C@@H](C[NH2+][C@@H](C)c2ccc(F)cc2)c2c[nH]c3ccccc23)c1OC. The van der Waals surface area contributed by atoms with Gasteiger partial charge in [-0.05, 0) is 36.8 Å². The van der Waals surface area contributed by atoms with Crippen molar-refractivity contribution >= 4 is 10.9 Å². The quantitative estimate of drug-likeness (QED) is 0.432. The van der Waals surface area contributed by atoms with Gasteiger partial charge in [0.05, 0.1) is 26.7 Å². The van der Waals surface area contributed by atoms with Crippen molar-refractivity contribution in [3.63, 3.8) is 0 Å². The highest BCUT2D eigenvalue weighted by Crippen LogP contribution is 2.39. The first kappa shape index (κ1) is 20.9. The predicted molar refractivity (Wildman–Crippen MR) is 121 cm³/mol. The molecule has 3 aromatic carbocycles. The van der Waals surface area contributed by atoms with Gasteiger partial charge in [0.15, 0.2) is 11.5 Å². The predicted octanol–water partition coefficient (Wildman–Crippen LogP) is 4.78. The maximum absolute atomic E-state index is 13.3. The van der Waals surface area contributed by atoms with Gasteiger partial charge in [-0.1, -0.05) is 42.5 Å². The summed E-state index contributed by atoms with van der Waals surface area (Å²) in [5, 5.41) is 3.48. The average Bonchev–Trinajstić information content (AvgIpc) is 3.23. The van der Waals surface area contributed by atoms with Crippen LogP contribution in [0.4, 0.5) is 4.39 Å². The zero-order valence-electron chi connectivity index (χ0n) is 18.1. The first-order valence-corrected chi connectivity index (χ1v) is 10.5. The molecule has 3 N–H and O–H groups in total. The summed E-state index contributed by atoms with van der Waals surface area (Å²) in [4.78, 5) is 3.40. The van der Waals surface area contributed by atoms with E-state index in [1.54, 1.807) is 14.2 Å². The molecule has 2 atom stereocenters. The summed E-state index contributed by atoms with van der Waals surface area (Å²) in [6, 6.07) is 21.3. The van der Waals surface area contributed by atoms with Crippen LogP contribution < -0.4 is 14.8 Å². The van der Waals surface area contributed by atoms with Crippen molar-refractivity contribution < 1.29 is 19.2 Å². The summed E-state index contributed by atoms with van der Waals surface area (Å²) in [5.41, 5.74) is 4.49. The number of nitrogens with two attached hydrogens (primary N) is 1. The molecule has 0 aliphatic heterocycles. The molecule has 0 radical (unpaired) electrons. The Morgan fingerprint density at radius 1 is 0.903 bits per heavy atom. The Bertz CT molecular complexity index is 1150. The molecule has 0 aliphatic rings. The molecule has 1 aromatic heterocycles. The summed E-state index contributed by atoms with van der Waals surface area (Å²) in [6.45, 7) is 2.94. The number of ether oxygens (including phenoxy) is 2. The molecule has 0 saturated heterocycles. The standard InChI is InChI=1S/C26H27FN2O2/c1-17(18-11-13-19(27)14-12-18)28-15-23(21-8-6-10-25(30-2)26(21)31-3)22-16-29-24-9-5-4-7-20(22)24/h4-14,16-17,23,28-29H,15H2,1-3H3/p+1/t17-,23+/m0/s1. The molecular weight excluding hydrogens is 391 g/mol. The Balaban J connectivity index is 1.72. The molecule has 160 valence electrons. The van der Waals surface area contributed by atoms with Crippen LogP contribution in [-0.2, 0) is 0 Å². The molecule has 4 aromatic rings. The topological polar surface area (TPSA) is 50.9 Å². The third-order valence-corrected chi connectivity index (χ3v) is 5.93. The number of quaternary nitrogens is 1. The third kappa shape index (κ3) is 4.28. The highest BCUT2D eigenvalue weighted by atomic mass is 19.1. The van der Waals surface area contributed by atoms with E-state index < -0.39 is 0 Å². The lowest BCUT2D eigenvalue weighted by molar-refractivity contribution is -0.693. The lowest BCUT2D eigenvalue weighted by Gasteiger charge is -2.22. The molecule has 0 saturated carbocycles. The van der Waals surface area contributed by atoms with Crippen molar-refractivity contribution in [2.24, 2.45) is 0 Å². The van der Waals surface area contributed by atoms with Gasteiger partial charge in [-0.15, -0.1) is 0 Å². The zero-order valence-corrected chi connectivity index (χ0v) is 18.1. The second-order valence-electron chi connectivity index (χ2n) is 7.74. The fraction of sp³-hybridized carbons (Fsp3) is 0.231. The Kier molecular flexibility index (Phi) is 6.23. The molecule has 0 aliphatic carbocycles. The monoisotopic (exact) mass is 419 g/mol. The molecule has 31 heavy (non-hydrogen) atoms. The molecule has 0 fully saturated rings. The molecule has 4 rings (SSSR count). The smallest absolute Gasteiger partial charge is 0.164 e. The van der Waals surface area contributed by atoms with E-state index in [1.165, 1.54) is 23.1 Å². The fourth-order valence-electron chi connectivity index (χ4n) is 4.23. The van der Waals surface area contributed by atoms with E-state index in [0.717, 1.165) is 34.7 Å². The van der Waals surface area contributed by atoms with Gasteiger partial charge in [0.25, 0.3) is 0 Å². The first-order chi connectivity index (χ1) is 15.1. The second-order valence-corrected chi connectivity index (χ2v) is 7.74. The van der Waals surface area contributed by atoms with Crippen molar-refractivity contribution in [1.82, 2.24) is 4.98 Å². The van der Waals surface area contributed by atoms with Crippen LogP contribution in [-0.4, -0.2) is 25.7 Å². The highest BCUT2D eigenvalue weighted by Gasteiger charge is 2.26. The normalized spacial score (nSPS) is 13.2. The van der Waals surface area contributed by atoms with E-state index in [4.69, 9.17) is 9.47 Å². The number of benzene rings is 3. The fourth-order valence-corrected chi connectivity index (χ4v) is 4.23. The number of aromatic nitrogens is 1. The number of para-hydroxylation sites is 2. The Morgan fingerprint density at radius 2 is 1.68 bits per heavy atom. The van der Waals surface area contributed by atoms with Gasteiger partial charge >= 0.3 is 0 Å². The average molecular weight is 420 g/mol. The number of halogens is 1. The van der Waals surface area contributed by atoms with Gasteiger partial charge in [-0.2, -0.15) is 0 Å². The third-order valence-electron chi connectivity index (χ3n) is 5.93. The Hall–Kier alpha value is -3.31. The van der Waals surface area contributed by atoms with Crippen molar-refractivity contribution in [2.75, 3.05) is 20.8 Å². The summed E-state index contributed by atoms with van der Waals surface area (Å²) in [6.07, 6.45) is 2.09. The maximum Gasteiger partial charge on any atom is 0.164 e. The molecule has 1 heterocycles. The minimum absolute atomic E-state index is 0.0732. The van der Waals surface area contributed by atoms with Gasteiger partial charge in [0.2, 0.25) is 0 Å². The first-order valence-electron chi connectivity index (χ1n) is 10.5. The van der Waals surface area contributed by atoms with Gasteiger partial charge in [0.1, 0.15) is 11.9 Å². The van der Waals surface area contributed by atoms with Crippen molar-refractivity contribution in [3.05, 3.63) is 95.4 Å². The minimum atomic E-state index is -0.214. The lowest BCUT2D eigenvalue weighted by atomic mass is 9.89. The van der Waals surface area contributed by atoms with E-state index in [9.17, 15) is 4.39 Å².